The van der Waals surface area contributed by atoms with E-state index in [4.69, 9.17) is 9.15 Å². The van der Waals surface area contributed by atoms with Crippen LogP contribution in [0.2, 0.25) is 0 Å². The molecular formula is C20H23F2N3O4. The Hall–Kier alpha value is -2.68. The Bertz CT molecular complexity index is 877. The topological polar surface area (TPSA) is 76.8 Å². The molecule has 1 amide bonds. The summed E-state index contributed by atoms with van der Waals surface area (Å²) in [6.07, 6.45) is 2.14. The second-order valence-electron chi connectivity index (χ2n) is 7.26. The third-order valence-electron chi connectivity index (χ3n) is 4.98. The molecule has 0 unspecified atom stereocenters. The van der Waals surface area contributed by atoms with Crippen molar-refractivity contribution in [2.45, 2.75) is 26.4 Å². The van der Waals surface area contributed by atoms with Crippen LogP contribution in [0.25, 0.3) is 11.5 Å². The van der Waals surface area contributed by atoms with E-state index in [2.05, 4.69) is 15.0 Å². The SMILES string of the molecule is Cc1oc(-c2ccc(OC(F)F)c(OCC3CC3)c2)nc1C(=O)N1CCNCC1. The van der Waals surface area contributed by atoms with Crippen LogP contribution in [-0.4, -0.2) is 55.2 Å². The van der Waals surface area contributed by atoms with Crippen molar-refractivity contribution in [1.82, 2.24) is 15.2 Å². The first-order valence-corrected chi connectivity index (χ1v) is 9.70. The van der Waals surface area contributed by atoms with E-state index in [0.717, 1.165) is 25.9 Å². The number of amides is 1. The van der Waals surface area contributed by atoms with Gasteiger partial charge >= 0.3 is 6.61 Å². The molecule has 2 aliphatic rings. The van der Waals surface area contributed by atoms with E-state index in [1.54, 1.807) is 24.0 Å². The molecule has 9 heteroatoms. The fourth-order valence-corrected chi connectivity index (χ4v) is 3.18. The maximum atomic E-state index is 12.7. The molecule has 1 saturated carbocycles. The van der Waals surface area contributed by atoms with Gasteiger partial charge in [-0.1, -0.05) is 0 Å². The van der Waals surface area contributed by atoms with Crippen molar-refractivity contribution >= 4 is 5.91 Å². The van der Waals surface area contributed by atoms with Gasteiger partial charge in [-0.3, -0.25) is 4.79 Å². The molecular weight excluding hydrogens is 384 g/mol. The first kappa shape index (κ1) is 19.6. The number of aryl methyl sites for hydroxylation is 1. The fourth-order valence-electron chi connectivity index (χ4n) is 3.18. The number of oxazole rings is 1. The highest BCUT2D eigenvalue weighted by Crippen LogP contribution is 2.36. The molecule has 2 fully saturated rings. The second kappa shape index (κ2) is 8.36. The minimum Gasteiger partial charge on any atom is -0.489 e. The number of benzene rings is 1. The minimum atomic E-state index is -2.95. The van der Waals surface area contributed by atoms with E-state index in [0.29, 0.717) is 36.9 Å². The molecule has 1 aromatic heterocycles. The summed E-state index contributed by atoms with van der Waals surface area (Å²) in [6.45, 7) is 1.88. The number of carbonyl (C=O) groups excluding carboxylic acids is 1. The molecule has 0 bridgehead atoms. The van der Waals surface area contributed by atoms with Crippen LogP contribution in [0.15, 0.2) is 22.6 Å². The summed E-state index contributed by atoms with van der Waals surface area (Å²) >= 11 is 0. The summed E-state index contributed by atoms with van der Waals surface area (Å²) in [6, 6.07) is 4.53. The highest BCUT2D eigenvalue weighted by molar-refractivity contribution is 5.93. The van der Waals surface area contributed by atoms with Crippen molar-refractivity contribution < 1.29 is 27.5 Å². The Balaban J connectivity index is 1.58. The zero-order valence-corrected chi connectivity index (χ0v) is 16.1. The van der Waals surface area contributed by atoms with Crippen LogP contribution in [0.1, 0.15) is 29.1 Å². The third-order valence-corrected chi connectivity index (χ3v) is 4.98. The highest BCUT2D eigenvalue weighted by atomic mass is 19.3. The average Bonchev–Trinajstić information content (AvgIpc) is 3.47. The van der Waals surface area contributed by atoms with Gasteiger partial charge in [0.1, 0.15) is 5.76 Å². The summed E-state index contributed by atoms with van der Waals surface area (Å²) in [7, 11) is 0. The van der Waals surface area contributed by atoms with E-state index in [9.17, 15) is 13.6 Å². The Labute approximate surface area is 167 Å². The van der Waals surface area contributed by atoms with Crippen LogP contribution in [-0.2, 0) is 0 Å². The Morgan fingerprint density at radius 2 is 2.07 bits per heavy atom. The van der Waals surface area contributed by atoms with E-state index < -0.39 is 6.61 Å². The number of piperazine rings is 1. The lowest BCUT2D eigenvalue weighted by Gasteiger charge is -2.26. The zero-order valence-electron chi connectivity index (χ0n) is 16.1. The molecule has 0 atom stereocenters. The molecule has 156 valence electrons. The van der Waals surface area contributed by atoms with Gasteiger partial charge in [0.15, 0.2) is 17.2 Å². The molecule has 1 saturated heterocycles. The van der Waals surface area contributed by atoms with E-state index in [-0.39, 0.29) is 29.0 Å². The van der Waals surface area contributed by atoms with Gasteiger partial charge in [-0.2, -0.15) is 8.78 Å². The van der Waals surface area contributed by atoms with Crippen LogP contribution < -0.4 is 14.8 Å². The van der Waals surface area contributed by atoms with Crippen molar-refractivity contribution in [3.8, 4) is 23.0 Å². The average molecular weight is 407 g/mol. The molecule has 4 rings (SSSR count). The van der Waals surface area contributed by atoms with Crippen molar-refractivity contribution in [2.75, 3.05) is 32.8 Å². The van der Waals surface area contributed by atoms with Crippen molar-refractivity contribution in [3.05, 3.63) is 29.7 Å². The van der Waals surface area contributed by atoms with Crippen LogP contribution in [0.3, 0.4) is 0 Å². The number of hydrogen-bond acceptors (Lipinski definition) is 6. The molecule has 7 nitrogen and oxygen atoms in total. The molecule has 29 heavy (non-hydrogen) atoms. The van der Waals surface area contributed by atoms with Crippen molar-refractivity contribution in [3.63, 3.8) is 0 Å². The number of halogens is 2. The van der Waals surface area contributed by atoms with Gasteiger partial charge < -0.3 is 24.1 Å². The number of nitrogens with zero attached hydrogens (tertiary/aromatic N) is 2. The lowest BCUT2D eigenvalue weighted by molar-refractivity contribution is -0.0515. The molecule has 1 N–H and O–H groups in total. The van der Waals surface area contributed by atoms with Crippen molar-refractivity contribution in [2.24, 2.45) is 5.92 Å². The second-order valence-corrected chi connectivity index (χ2v) is 7.26. The van der Waals surface area contributed by atoms with Gasteiger partial charge in [-0.15, -0.1) is 0 Å². The lowest BCUT2D eigenvalue weighted by atomic mass is 10.2. The van der Waals surface area contributed by atoms with Gasteiger partial charge in [-0.25, -0.2) is 4.98 Å². The fraction of sp³-hybridized carbons (Fsp3) is 0.500. The van der Waals surface area contributed by atoms with Gasteiger partial charge in [-0.05, 0) is 43.9 Å². The third kappa shape index (κ3) is 4.67. The van der Waals surface area contributed by atoms with Crippen molar-refractivity contribution in [1.29, 1.82) is 0 Å². The lowest BCUT2D eigenvalue weighted by Crippen LogP contribution is -2.46. The molecule has 1 aliphatic heterocycles. The quantitative estimate of drug-likeness (QED) is 0.760. The minimum absolute atomic E-state index is 0.0372. The number of carbonyl (C=O) groups is 1. The van der Waals surface area contributed by atoms with E-state index >= 15 is 0 Å². The molecule has 2 heterocycles. The number of alkyl halides is 2. The van der Waals surface area contributed by atoms with Crippen LogP contribution in [0.5, 0.6) is 11.5 Å². The first-order valence-electron chi connectivity index (χ1n) is 9.70. The summed E-state index contributed by atoms with van der Waals surface area (Å²) in [5.41, 5.74) is 0.787. The number of rotatable bonds is 7. The number of nitrogens with one attached hydrogen (secondary N) is 1. The van der Waals surface area contributed by atoms with Crippen LogP contribution >= 0.6 is 0 Å². The Morgan fingerprint density at radius 1 is 1.31 bits per heavy atom. The van der Waals surface area contributed by atoms with Gasteiger partial charge in [0.05, 0.1) is 6.61 Å². The zero-order chi connectivity index (χ0) is 20.4. The van der Waals surface area contributed by atoms with Crippen LogP contribution in [0, 0.1) is 12.8 Å². The number of hydrogen-bond donors (Lipinski definition) is 1. The monoisotopic (exact) mass is 407 g/mol. The van der Waals surface area contributed by atoms with Gasteiger partial charge in [0.25, 0.3) is 5.91 Å². The predicted molar refractivity (Wildman–Crippen MR) is 100 cm³/mol. The largest absolute Gasteiger partial charge is 0.489 e. The normalized spacial score (nSPS) is 16.9. The number of ether oxygens (including phenoxy) is 2. The molecule has 1 aliphatic carbocycles. The van der Waals surface area contributed by atoms with Gasteiger partial charge in [0, 0.05) is 31.7 Å². The standard InChI is InChI=1S/C20H23F2N3O4/c1-12-17(19(26)25-8-6-23-7-9-25)24-18(28-12)14-4-5-15(29-20(21)22)16(10-14)27-11-13-2-3-13/h4-5,10,13,20,23H,2-3,6-9,11H2,1H3. The smallest absolute Gasteiger partial charge is 0.387 e. The summed E-state index contributed by atoms with van der Waals surface area (Å²) in [5.74, 6) is 1.09. The Morgan fingerprint density at radius 3 is 2.76 bits per heavy atom. The van der Waals surface area contributed by atoms with Crippen LogP contribution in [0.4, 0.5) is 8.78 Å². The Kier molecular flexibility index (Phi) is 5.66. The molecule has 0 radical (unpaired) electrons. The molecule has 2 aromatic rings. The maximum absolute atomic E-state index is 12.7. The van der Waals surface area contributed by atoms with E-state index in [1.807, 2.05) is 0 Å². The summed E-state index contributed by atoms with van der Waals surface area (Å²) < 4.78 is 41.4. The summed E-state index contributed by atoms with van der Waals surface area (Å²) in [4.78, 5) is 18.8. The summed E-state index contributed by atoms with van der Waals surface area (Å²) in [5, 5.41) is 3.20. The maximum Gasteiger partial charge on any atom is 0.387 e. The molecule has 1 aromatic carbocycles. The van der Waals surface area contributed by atoms with E-state index in [1.165, 1.54) is 6.07 Å². The molecule has 0 spiro atoms. The predicted octanol–water partition coefficient (Wildman–Crippen LogP) is 3.09. The van der Waals surface area contributed by atoms with Gasteiger partial charge in [0.2, 0.25) is 5.89 Å². The first-order chi connectivity index (χ1) is 14.0. The highest BCUT2D eigenvalue weighted by Gasteiger charge is 2.26. The number of aromatic nitrogens is 1.